The summed E-state index contributed by atoms with van der Waals surface area (Å²) in [5.41, 5.74) is 8.82. The van der Waals surface area contributed by atoms with Gasteiger partial charge in [0.2, 0.25) is 0 Å². The van der Waals surface area contributed by atoms with Crippen molar-refractivity contribution in [2.45, 2.75) is 26.8 Å². The van der Waals surface area contributed by atoms with E-state index in [4.69, 9.17) is 22.7 Å². The molecule has 0 spiro atoms. The van der Waals surface area contributed by atoms with E-state index in [0.29, 0.717) is 17.6 Å². The summed E-state index contributed by atoms with van der Waals surface area (Å²) in [5, 5.41) is 0. The Kier molecular flexibility index (Phi) is 3.82. The topological polar surface area (TPSA) is 51.4 Å². The number of thiocarbonyl (C=S) groups is 1. The van der Waals surface area contributed by atoms with E-state index < -0.39 is 0 Å². The Labute approximate surface area is 113 Å². The maximum Gasteiger partial charge on any atom is 0.139 e. The second-order valence-electron chi connectivity index (χ2n) is 4.76. The summed E-state index contributed by atoms with van der Waals surface area (Å²) in [6, 6.07) is 2.31. The lowest BCUT2D eigenvalue weighted by atomic mass is 10.1. The molecule has 0 radical (unpaired) electrons. The van der Waals surface area contributed by atoms with Crippen LogP contribution in [-0.4, -0.2) is 35.8 Å². The minimum absolute atomic E-state index is 0.292. The highest BCUT2D eigenvalue weighted by molar-refractivity contribution is 7.80. The molecule has 18 heavy (non-hydrogen) atoms. The number of anilines is 1. The van der Waals surface area contributed by atoms with Crippen LogP contribution in [0.5, 0.6) is 0 Å². The Morgan fingerprint density at radius 3 is 2.89 bits per heavy atom. The van der Waals surface area contributed by atoms with E-state index in [1.54, 1.807) is 0 Å². The number of aromatic nitrogens is 1. The molecule has 0 aromatic carbocycles. The van der Waals surface area contributed by atoms with Crippen LogP contribution in [-0.2, 0) is 4.74 Å². The van der Waals surface area contributed by atoms with E-state index in [1.165, 1.54) is 0 Å². The highest BCUT2D eigenvalue weighted by Crippen LogP contribution is 2.25. The smallest absolute Gasteiger partial charge is 0.139 e. The van der Waals surface area contributed by atoms with Crippen molar-refractivity contribution in [2.24, 2.45) is 5.73 Å². The zero-order valence-electron chi connectivity index (χ0n) is 11.1. The van der Waals surface area contributed by atoms with Crippen molar-refractivity contribution in [3.05, 3.63) is 22.9 Å². The maximum atomic E-state index is 5.85. The van der Waals surface area contributed by atoms with Crippen LogP contribution in [0.15, 0.2) is 6.07 Å². The zero-order chi connectivity index (χ0) is 13.3. The molecule has 2 heterocycles. The number of rotatable bonds is 2. The standard InChI is InChI=1S/C13H19N3OS/c1-8-6-9(2)15-13(11(8)12(14)18)16-4-5-17-7-10(16)3/h6,10H,4-5,7H2,1-3H3,(H2,14,18). The van der Waals surface area contributed by atoms with Crippen LogP contribution in [0.25, 0.3) is 0 Å². The van der Waals surface area contributed by atoms with Gasteiger partial charge in [0.05, 0.1) is 24.8 Å². The van der Waals surface area contributed by atoms with E-state index in [1.807, 2.05) is 19.9 Å². The molecule has 0 amide bonds. The molecule has 1 aliphatic heterocycles. The Bertz CT molecular complexity index is 476. The minimum Gasteiger partial charge on any atom is -0.389 e. The van der Waals surface area contributed by atoms with Crippen LogP contribution >= 0.6 is 12.2 Å². The SMILES string of the molecule is Cc1cc(C)c(C(N)=S)c(N2CCOCC2C)n1. The lowest BCUT2D eigenvalue weighted by Crippen LogP contribution is -2.45. The molecule has 98 valence electrons. The van der Waals surface area contributed by atoms with Gasteiger partial charge in [-0.05, 0) is 32.4 Å². The van der Waals surface area contributed by atoms with Crippen molar-refractivity contribution in [3.8, 4) is 0 Å². The lowest BCUT2D eigenvalue weighted by molar-refractivity contribution is 0.0985. The third-order valence-electron chi connectivity index (χ3n) is 3.21. The van der Waals surface area contributed by atoms with Crippen molar-refractivity contribution in [1.82, 2.24) is 4.98 Å². The van der Waals surface area contributed by atoms with Gasteiger partial charge in [-0.1, -0.05) is 12.2 Å². The van der Waals surface area contributed by atoms with Crippen molar-refractivity contribution in [2.75, 3.05) is 24.7 Å². The number of morpholine rings is 1. The van der Waals surface area contributed by atoms with Crippen molar-refractivity contribution < 1.29 is 4.74 Å². The van der Waals surface area contributed by atoms with Gasteiger partial charge in [0.25, 0.3) is 0 Å². The first-order valence-corrected chi connectivity index (χ1v) is 6.54. The zero-order valence-corrected chi connectivity index (χ0v) is 11.9. The van der Waals surface area contributed by atoms with Crippen LogP contribution in [0.3, 0.4) is 0 Å². The third-order valence-corrected chi connectivity index (χ3v) is 3.42. The molecule has 2 rings (SSSR count). The summed E-state index contributed by atoms with van der Waals surface area (Å²) in [6.45, 7) is 8.40. The van der Waals surface area contributed by atoms with Crippen molar-refractivity contribution in [3.63, 3.8) is 0 Å². The predicted octanol–water partition coefficient (Wildman–Crippen LogP) is 1.56. The number of pyridine rings is 1. The minimum atomic E-state index is 0.292. The Morgan fingerprint density at radius 2 is 2.28 bits per heavy atom. The lowest BCUT2D eigenvalue weighted by Gasteiger charge is -2.35. The Balaban J connectivity index is 2.50. The molecule has 1 aromatic heterocycles. The first-order valence-electron chi connectivity index (χ1n) is 6.13. The van der Waals surface area contributed by atoms with Crippen molar-refractivity contribution in [1.29, 1.82) is 0 Å². The summed E-state index contributed by atoms with van der Waals surface area (Å²) < 4.78 is 5.46. The normalized spacial score (nSPS) is 19.9. The average molecular weight is 265 g/mol. The van der Waals surface area contributed by atoms with Gasteiger partial charge < -0.3 is 15.4 Å². The van der Waals surface area contributed by atoms with Crippen LogP contribution in [0.2, 0.25) is 0 Å². The molecular formula is C13H19N3OS. The number of ether oxygens (including phenoxy) is 1. The maximum absolute atomic E-state index is 5.85. The molecule has 0 saturated carbocycles. The molecule has 2 N–H and O–H groups in total. The summed E-state index contributed by atoms with van der Waals surface area (Å²) >= 11 is 5.17. The number of nitrogens with two attached hydrogens (primary N) is 1. The number of aryl methyl sites for hydroxylation is 2. The van der Waals surface area contributed by atoms with Gasteiger partial charge in [-0.2, -0.15) is 0 Å². The molecule has 1 aromatic rings. The van der Waals surface area contributed by atoms with Crippen LogP contribution in [0.1, 0.15) is 23.7 Å². The quantitative estimate of drug-likeness (QED) is 0.822. The van der Waals surface area contributed by atoms with E-state index >= 15 is 0 Å². The highest BCUT2D eigenvalue weighted by atomic mass is 32.1. The summed E-state index contributed by atoms with van der Waals surface area (Å²) in [7, 11) is 0. The largest absolute Gasteiger partial charge is 0.389 e. The van der Waals surface area contributed by atoms with Crippen molar-refractivity contribution >= 4 is 23.0 Å². The summed E-state index contributed by atoms with van der Waals surface area (Å²) in [4.78, 5) is 7.28. The van der Waals surface area contributed by atoms with Gasteiger partial charge in [-0.25, -0.2) is 4.98 Å². The molecule has 1 saturated heterocycles. The fourth-order valence-electron chi connectivity index (χ4n) is 2.37. The van der Waals surface area contributed by atoms with Gasteiger partial charge in [-0.15, -0.1) is 0 Å². The number of nitrogens with zero attached hydrogens (tertiary/aromatic N) is 2. The number of hydrogen-bond donors (Lipinski definition) is 1. The Morgan fingerprint density at radius 1 is 1.56 bits per heavy atom. The van der Waals surface area contributed by atoms with Crippen LogP contribution in [0, 0.1) is 13.8 Å². The molecule has 0 bridgehead atoms. The first kappa shape index (κ1) is 13.2. The fourth-order valence-corrected chi connectivity index (χ4v) is 2.62. The number of hydrogen-bond acceptors (Lipinski definition) is 4. The molecule has 1 aliphatic rings. The van der Waals surface area contributed by atoms with Gasteiger partial charge in [0.15, 0.2) is 0 Å². The molecule has 4 nitrogen and oxygen atoms in total. The van der Waals surface area contributed by atoms with Gasteiger partial charge >= 0.3 is 0 Å². The predicted molar refractivity (Wildman–Crippen MR) is 77.2 cm³/mol. The van der Waals surface area contributed by atoms with E-state index in [-0.39, 0.29) is 0 Å². The highest BCUT2D eigenvalue weighted by Gasteiger charge is 2.24. The average Bonchev–Trinajstić information content (AvgIpc) is 2.27. The second-order valence-corrected chi connectivity index (χ2v) is 5.20. The van der Waals surface area contributed by atoms with Gasteiger partial charge in [-0.3, -0.25) is 0 Å². The van der Waals surface area contributed by atoms with Crippen LogP contribution < -0.4 is 10.6 Å². The Hall–Kier alpha value is -1.20. The van der Waals surface area contributed by atoms with Gasteiger partial charge in [0, 0.05) is 12.2 Å². The molecule has 0 aliphatic carbocycles. The fraction of sp³-hybridized carbons (Fsp3) is 0.538. The van der Waals surface area contributed by atoms with Gasteiger partial charge in [0.1, 0.15) is 10.8 Å². The molecule has 1 unspecified atom stereocenters. The molecule has 1 fully saturated rings. The monoisotopic (exact) mass is 265 g/mol. The van der Waals surface area contributed by atoms with E-state index in [9.17, 15) is 0 Å². The third kappa shape index (κ3) is 2.47. The first-order chi connectivity index (χ1) is 8.50. The molecule has 5 heteroatoms. The van der Waals surface area contributed by atoms with E-state index in [0.717, 1.165) is 35.8 Å². The van der Waals surface area contributed by atoms with Crippen LogP contribution in [0.4, 0.5) is 5.82 Å². The van der Waals surface area contributed by atoms with E-state index in [2.05, 4.69) is 16.8 Å². The summed E-state index contributed by atoms with van der Waals surface area (Å²) in [6.07, 6.45) is 0. The second kappa shape index (κ2) is 5.20. The molecule has 1 atom stereocenters. The summed E-state index contributed by atoms with van der Waals surface area (Å²) in [5.74, 6) is 0.899. The molecular weight excluding hydrogens is 246 g/mol.